The molecule has 15 aromatic rings. The smallest absolute Gasteiger partial charge is 0.344 e. The molecule has 2 heterocycles. The predicted octanol–water partition coefficient (Wildman–Crippen LogP) is 26.2. The van der Waals surface area contributed by atoms with Gasteiger partial charge in [0.05, 0.1) is 74.6 Å². The van der Waals surface area contributed by atoms with Gasteiger partial charge < -0.3 is 38.6 Å². The molecule has 5 unspecified atom stereocenters. The summed E-state index contributed by atoms with van der Waals surface area (Å²) in [5, 5.41) is 18.9. The molecule has 19 rings (SSSR count). The highest BCUT2D eigenvalue weighted by molar-refractivity contribution is 7.98. The molecule has 16 heteroatoms. The van der Waals surface area contributed by atoms with E-state index in [1.807, 2.05) is 90.1 Å². The van der Waals surface area contributed by atoms with Crippen LogP contribution in [0.25, 0.3) is 0 Å². The summed E-state index contributed by atoms with van der Waals surface area (Å²) in [6.07, 6.45) is 2.80. The SMILES string of the molecule is COc1c(C)cc([S+](c2ccccc2)c2ccccc2)cc1C.COc1ccc([S+](c2ccccc2)c2ccccc2)cc1.Cc1cc([S+](c2ccccc2)c2ccccc2)cc(C)c1O.Cc1cc([S+](c2ccccc2)c2ccccc2)cc(C)c1OCC(=O)O.Cc1cc([S+](c2ccccc2)c2ccccc2)cc(C)c1OCC(=O)OC1C2CC3CC(C2)C(=O)OC1C3. The first-order valence-corrected chi connectivity index (χ1v) is 49.8. The number of carbonyl (C=O) groups is 3. The van der Waals surface area contributed by atoms with E-state index in [1.165, 1.54) is 84.6 Å². The van der Waals surface area contributed by atoms with E-state index in [0.29, 0.717) is 23.2 Å². The Morgan fingerprint density at radius 1 is 0.315 bits per heavy atom. The number of carboxylic acids is 1. The topological polar surface area (TPSA) is 147 Å². The summed E-state index contributed by atoms with van der Waals surface area (Å²) >= 11 is 0. The van der Waals surface area contributed by atoms with Crippen molar-refractivity contribution in [3.63, 3.8) is 0 Å². The zero-order valence-electron chi connectivity index (χ0n) is 75.0. The second-order valence-corrected chi connectivity index (χ2v) is 42.4. The minimum atomic E-state index is -0.971. The highest BCUT2D eigenvalue weighted by atomic mass is 32.2. The lowest BCUT2D eigenvalue weighted by Crippen LogP contribution is -2.45. The summed E-state index contributed by atoms with van der Waals surface area (Å²) in [4.78, 5) is 55.2. The van der Waals surface area contributed by atoms with E-state index >= 15 is 0 Å². The quantitative estimate of drug-likeness (QED) is 0.0440. The van der Waals surface area contributed by atoms with E-state index in [2.05, 4.69) is 341 Å². The zero-order chi connectivity index (χ0) is 91.0. The number of hydrogen-bond donors (Lipinski definition) is 2. The molecule has 5 atom stereocenters. The van der Waals surface area contributed by atoms with Gasteiger partial charge >= 0.3 is 17.9 Å². The zero-order valence-corrected chi connectivity index (χ0v) is 79.1. The second kappa shape index (κ2) is 45.6. The molecule has 130 heavy (non-hydrogen) atoms. The number of hydrogen-bond acceptors (Lipinski definition) is 10. The summed E-state index contributed by atoms with van der Waals surface area (Å²) in [6.45, 7) is 15.6. The van der Waals surface area contributed by atoms with Gasteiger partial charge in [-0.3, -0.25) is 4.79 Å². The third kappa shape index (κ3) is 23.9. The highest BCUT2D eigenvalue weighted by Crippen LogP contribution is 2.49. The van der Waals surface area contributed by atoms with Crippen LogP contribution in [-0.4, -0.2) is 67.8 Å². The lowest BCUT2D eigenvalue weighted by atomic mass is 9.67. The average molecular weight is 1820 g/mol. The Balaban J connectivity index is 0.000000134. The number of esters is 2. The minimum Gasteiger partial charge on any atom is -0.507 e. The fraction of sp³-hybridized carbons (Fsp3) is 0.184. The van der Waals surface area contributed by atoms with Crippen molar-refractivity contribution in [2.75, 3.05) is 27.4 Å². The van der Waals surface area contributed by atoms with Crippen molar-refractivity contribution in [1.82, 2.24) is 0 Å². The maximum Gasteiger partial charge on any atom is 0.344 e. The number of rotatable bonds is 24. The standard InChI is InChI=1S/C32H33O5S.C22H20O3S.C21H21OS.C20H18OS.C19H17OS/c1-20-13-27(38(25-9-5-3-6-10-25)26-11-7-4-8-12-26)14-21(2)30(20)35-19-29(33)37-31-23-15-22-16-24(18-23)32(34)36-28(31)17-22;1-16-13-20(14-17(2)22(16)25-15-21(23)24)26(18-9-5-3-6-10-18)19-11-7-4-8-12-19;1-16-14-20(15-17(2)21(16)22-3)23(18-10-6-4-7-11-18)19-12-8-5-9-13-19;1-15-13-19(14-16(2)20(15)21)22(17-9-5-3-6-10-17)18-11-7-4-8-12-18;1-20-16-12-14-19(15-13-16)21(17-8-4-2-5-9-17)18-10-6-3-7-11-18/h3-14,22-24,28,31H,15-19H2,1-2H3;3-14H,15H2,1-2H3;4-15H,1-3H3;3-14H,1-2H3;2-15H,1H3/q+1;;+1;;+1/p+2. The lowest BCUT2D eigenvalue weighted by molar-refractivity contribution is -0.174. The highest BCUT2D eigenvalue weighted by Gasteiger charge is 2.52. The van der Waals surface area contributed by atoms with E-state index in [1.54, 1.807) is 14.2 Å². The molecular weight excluding hydrogens is 1710 g/mol. The van der Waals surface area contributed by atoms with Gasteiger partial charge in [-0.05, 0) is 277 Å². The number of ether oxygens (including phenoxy) is 6. The Hall–Kier alpha value is -12.5. The van der Waals surface area contributed by atoms with Crippen molar-refractivity contribution in [3.05, 3.63) is 421 Å². The number of aryl methyl sites for hydroxylation is 8. The summed E-state index contributed by atoms with van der Waals surface area (Å²) < 4.78 is 33.9. The van der Waals surface area contributed by atoms with Gasteiger partial charge in [0.2, 0.25) is 0 Å². The molecule has 15 aromatic carbocycles. The lowest BCUT2D eigenvalue weighted by Gasteiger charge is -2.41. The summed E-state index contributed by atoms with van der Waals surface area (Å²) in [6, 6.07) is 131. The normalized spacial score (nSPS) is 15.1. The molecular formula is C114H111O11S5+5. The fourth-order valence-corrected chi connectivity index (χ4v) is 28.2. The molecule has 2 N–H and O–H groups in total. The van der Waals surface area contributed by atoms with E-state index < -0.39 is 11.9 Å². The number of benzene rings is 15. The van der Waals surface area contributed by atoms with Crippen LogP contribution in [0.5, 0.6) is 28.7 Å². The van der Waals surface area contributed by atoms with Gasteiger partial charge in [0.15, 0.2) is 86.6 Å². The first-order valence-electron chi connectivity index (χ1n) is 43.7. The molecule has 0 amide bonds. The molecule has 4 bridgehead atoms. The third-order valence-corrected chi connectivity index (χ3v) is 33.8. The van der Waals surface area contributed by atoms with Crippen molar-refractivity contribution in [1.29, 1.82) is 0 Å². The van der Waals surface area contributed by atoms with Crippen molar-refractivity contribution in [3.8, 4) is 28.7 Å². The number of carbonyl (C=O) groups excluding carboxylic acids is 2. The minimum absolute atomic E-state index is 0.0381. The maximum atomic E-state index is 12.9. The predicted molar refractivity (Wildman–Crippen MR) is 527 cm³/mol. The van der Waals surface area contributed by atoms with Crippen molar-refractivity contribution >= 4 is 72.4 Å². The van der Waals surface area contributed by atoms with Crippen LogP contribution >= 0.6 is 0 Å². The first-order chi connectivity index (χ1) is 63.3. The molecule has 0 radical (unpaired) electrons. The van der Waals surface area contributed by atoms with Gasteiger partial charge in [-0.15, -0.1) is 0 Å². The number of methoxy groups -OCH3 is 2. The number of aliphatic carboxylic acids is 1. The third-order valence-electron chi connectivity index (χ3n) is 22.8. The van der Waals surface area contributed by atoms with Gasteiger partial charge in [0.25, 0.3) is 0 Å². The molecule has 658 valence electrons. The van der Waals surface area contributed by atoms with E-state index in [0.717, 1.165) is 70.6 Å². The molecule has 4 aliphatic rings. The van der Waals surface area contributed by atoms with Crippen LogP contribution in [0.1, 0.15) is 70.2 Å². The molecule has 2 aliphatic heterocycles. The van der Waals surface area contributed by atoms with Crippen molar-refractivity contribution < 1.29 is 53.0 Å². The van der Waals surface area contributed by atoms with E-state index in [-0.39, 0.29) is 97.7 Å². The molecule has 2 aliphatic carbocycles. The largest absolute Gasteiger partial charge is 0.507 e. The average Bonchev–Trinajstić information content (AvgIpc) is 1.62. The monoisotopic (exact) mass is 1820 g/mol. The summed E-state index contributed by atoms with van der Waals surface area (Å²) in [7, 11) is 2.62. The van der Waals surface area contributed by atoms with Gasteiger partial charge in [0, 0.05) is 54.4 Å². The Labute approximate surface area is 780 Å². The van der Waals surface area contributed by atoms with Crippen LogP contribution in [0.2, 0.25) is 0 Å². The van der Waals surface area contributed by atoms with Gasteiger partial charge in [-0.1, -0.05) is 182 Å². The Kier molecular flexibility index (Phi) is 32.9. The summed E-state index contributed by atoms with van der Waals surface area (Å²) in [5.41, 5.74) is 8.10. The first kappa shape index (κ1) is 93.6. The number of phenols is 1. The number of carboxylic acid groups (broad SMARTS) is 1. The van der Waals surface area contributed by atoms with Crippen molar-refractivity contribution in [2.45, 2.75) is 167 Å². The van der Waals surface area contributed by atoms with Crippen LogP contribution in [0, 0.1) is 73.1 Å². The van der Waals surface area contributed by atoms with Crippen LogP contribution in [0.3, 0.4) is 0 Å². The number of fused-ring (bicyclic) bond motifs is 1. The molecule has 11 nitrogen and oxygen atoms in total. The molecule has 0 aromatic heterocycles. The number of phenolic OH excluding ortho intramolecular Hbond substituents is 1. The van der Waals surface area contributed by atoms with Gasteiger partial charge in [0.1, 0.15) is 41.0 Å². The Morgan fingerprint density at radius 2 is 0.577 bits per heavy atom. The number of aromatic hydroxyl groups is 1. The Morgan fingerprint density at radius 3 is 0.854 bits per heavy atom. The van der Waals surface area contributed by atoms with Crippen LogP contribution in [0.4, 0.5) is 0 Å². The molecule has 2 saturated carbocycles. The van der Waals surface area contributed by atoms with Crippen LogP contribution in [0.15, 0.2) is 450 Å². The second-order valence-electron chi connectivity index (χ2n) is 32.3. The van der Waals surface area contributed by atoms with Crippen molar-refractivity contribution in [2.24, 2.45) is 17.8 Å². The maximum absolute atomic E-state index is 12.9. The van der Waals surface area contributed by atoms with Gasteiger partial charge in [-0.25, -0.2) is 9.59 Å². The van der Waals surface area contributed by atoms with E-state index in [4.69, 9.17) is 33.5 Å². The summed E-state index contributed by atoms with van der Waals surface area (Å²) in [5.74, 6) is 2.80. The molecule has 0 spiro atoms. The van der Waals surface area contributed by atoms with Gasteiger partial charge in [-0.2, -0.15) is 0 Å². The fourth-order valence-electron chi connectivity index (χ4n) is 17.1. The van der Waals surface area contributed by atoms with E-state index in [9.17, 15) is 19.5 Å². The molecule has 2 saturated heterocycles. The van der Waals surface area contributed by atoms with Crippen LogP contribution < -0.4 is 18.9 Å². The molecule has 4 fully saturated rings. The van der Waals surface area contributed by atoms with Crippen LogP contribution in [-0.2, 0) is 78.3 Å². The Bertz CT molecular complexity index is 5900.